The van der Waals surface area contributed by atoms with Gasteiger partial charge in [-0.25, -0.2) is 0 Å². The molecule has 0 aliphatic heterocycles. The van der Waals surface area contributed by atoms with Gasteiger partial charge in [0.05, 0.1) is 12.1 Å². The number of hydrogen-bond donors (Lipinski definition) is 2. The molecule has 4 nitrogen and oxygen atoms in total. The van der Waals surface area contributed by atoms with Gasteiger partial charge in [-0.3, -0.25) is 4.79 Å². The monoisotopic (exact) mass is 242 g/mol. The molecule has 1 amide bonds. The Kier molecular flexibility index (Phi) is 5.08. The first kappa shape index (κ1) is 12.8. The molecule has 0 aliphatic rings. The van der Waals surface area contributed by atoms with Crippen LogP contribution >= 0.6 is 11.6 Å². The lowest BCUT2D eigenvalue weighted by Gasteiger charge is -2.07. The van der Waals surface area contributed by atoms with Crippen LogP contribution in [0, 0.1) is 0 Å². The second-order valence-electron chi connectivity index (χ2n) is 3.25. The number of halogens is 1. The van der Waals surface area contributed by atoms with Crippen LogP contribution in [0.2, 0.25) is 5.02 Å². The molecular weight excluding hydrogens is 228 g/mol. The maximum absolute atomic E-state index is 11.4. The number of nitrogens with one attached hydrogen (secondary N) is 2. The first-order valence-electron chi connectivity index (χ1n) is 4.95. The van der Waals surface area contributed by atoms with Gasteiger partial charge >= 0.3 is 0 Å². The Balaban J connectivity index is 2.61. The largest absolute Gasteiger partial charge is 0.495 e. The summed E-state index contributed by atoms with van der Waals surface area (Å²) in [7, 11) is 3.35. The number of carbonyl (C=O) groups is 1. The van der Waals surface area contributed by atoms with E-state index in [1.807, 2.05) is 0 Å². The van der Waals surface area contributed by atoms with E-state index < -0.39 is 0 Å². The molecule has 0 saturated heterocycles. The molecule has 1 aromatic carbocycles. The van der Waals surface area contributed by atoms with E-state index in [1.54, 1.807) is 32.4 Å². The SMILES string of the molecule is CNCCC(=O)Nc1ccc(OC)c(Cl)c1. The zero-order valence-corrected chi connectivity index (χ0v) is 10.1. The molecule has 0 heterocycles. The maximum atomic E-state index is 11.4. The zero-order chi connectivity index (χ0) is 12.0. The number of benzene rings is 1. The Morgan fingerprint density at radius 1 is 1.50 bits per heavy atom. The normalized spacial score (nSPS) is 9.94. The fourth-order valence-corrected chi connectivity index (χ4v) is 1.46. The van der Waals surface area contributed by atoms with E-state index in [-0.39, 0.29) is 5.91 Å². The van der Waals surface area contributed by atoms with Gasteiger partial charge in [0.2, 0.25) is 5.91 Å². The average Bonchev–Trinajstić information content (AvgIpc) is 2.26. The topological polar surface area (TPSA) is 50.4 Å². The molecule has 0 spiro atoms. The molecule has 1 aromatic rings. The third-order valence-corrected chi connectivity index (χ3v) is 2.33. The Morgan fingerprint density at radius 3 is 2.81 bits per heavy atom. The molecule has 5 heteroatoms. The van der Waals surface area contributed by atoms with Crippen LogP contribution in [-0.2, 0) is 4.79 Å². The summed E-state index contributed by atoms with van der Waals surface area (Å²) in [6, 6.07) is 5.13. The quantitative estimate of drug-likeness (QED) is 0.829. The van der Waals surface area contributed by atoms with Crippen molar-refractivity contribution in [1.29, 1.82) is 0 Å². The average molecular weight is 243 g/mol. The summed E-state index contributed by atoms with van der Waals surface area (Å²) in [5.41, 5.74) is 0.673. The van der Waals surface area contributed by atoms with E-state index in [9.17, 15) is 4.79 Å². The standard InChI is InChI=1S/C11H15ClN2O2/c1-13-6-5-11(15)14-8-3-4-10(16-2)9(12)7-8/h3-4,7,13H,5-6H2,1-2H3,(H,14,15). The van der Waals surface area contributed by atoms with Gasteiger partial charge in [-0.05, 0) is 25.2 Å². The Bertz CT molecular complexity index is 369. The van der Waals surface area contributed by atoms with Crippen molar-refractivity contribution in [1.82, 2.24) is 5.32 Å². The van der Waals surface area contributed by atoms with Crippen LogP contribution in [0.15, 0.2) is 18.2 Å². The highest BCUT2D eigenvalue weighted by atomic mass is 35.5. The van der Waals surface area contributed by atoms with E-state index in [4.69, 9.17) is 16.3 Å². The first-order valence-corrected chi connectivity index (χ1v) is 5.33. The summed E-state index contributed by atoms with van der Waals surface area (Å²) >= 11 is 5.93. The number of methoxy groups -OCH3 is 1. The molecule has 0 saturated carbocycles. The van der Waals surface area contributed by atoms with Crippen molar-refractivity contribution < 1.29 is 9.53 Å². The number of ether oxygens (including phenoxy) is 1. The van der Waals surface area contributed by atoms with Gasteiger partial charge < -0.3 is 15.4 Å². The van der Waals surface area contributed by atoms with Crippen LogP contribution in [0.3, 0.4) is 0 Å². The van der Waals surface area contributed by atoms with Crippen LogP contribution in [0.1, 0.15) is 6.42 Å². The Labute approximate surface area is 99.9 Å². The van der Waals surface area contributed by atoms with Crippen molar-refractivity contribution in [3.63, 3.8) is 0 Å². The highest BCUT2D eigenvalue weighted by Gasteiger charge is 2.04. The molecule has 0 bridgehead atoms. The minimum Gasteiger partial charge on any atom is -0.495 e. The van der Waals surface area contributed by atoms with Crippen LogP contribution < -0.4 is 15.4 Å². The van der Waals surface area contributed by atoms with Crippen LogP contribution in [0.5, 0.6) is 5.75 Å². The highest BCUT2D eigenvalue weighted by Crippen LogP contribution is 2.27. The molecule has 16 heavy (non-hydrogen) atoms. The second kappa shape index (κ2) is 6.35. The smallest absolute Gasteiger partial charge is 0.225 e. The second-order valence-corrected chi connectivity index (χ2v) is 3.66. The van der Waals surface area contributed by atoms with Gasteiger partial charge in [0, 0.05) is 18.7 Å². The van der Waals surface area contributed by atoms with Gasteiger partial charge in [-0.2, -0.15) is 0 Å². The van der Waals surface area contributed by atoms with Crippen molar-refractivity contribution in [3.05, 3.63) is 23.2 Å². The summed E-state index contributed by atoms with van der Waals surface area (Å²) in [4.78, 5) is 11.4. The lowest BCUT2D eigenvalue weighted by Crippen LogP contribution is -2.18. The number of hydrogen-bond acceptors (Lipinski definition) is 3. The van der Waals surface area contributed by atoms with Crippen LogP contribution in [0.4, 0.5) is 5.69 Å². The summed E-state index contributed by atoms with van der Waals surface area (Å²) in [5.74, 6) is 0.547. The third kappa shape index (κ3) is 3.72. The first-order chi connectivity index (χ1) is 7.67. The number of anilines is 1. The lowest BCUT2D eigenvalue weighted by molar-refractivity contribution is -0.116. The molecule has 0 unspecified atom stereocenters. The lowest BCUT2D eigenvalue weighted by atomic mass is 10.3. The molecule has 0 aromatic heterocycles. The van der Waals surface area contributed by atoms with Crippen molar-refractivity contribution in [2.24, 2.45) is 0 Å². The van der Waals surface area contributed by atoms with Crippen LogP contribution in [0.25, 0.3) is 0 Å². The molecular formula is C11H15ClN2O2. The number of carbonyl (C=O) groups excluding carboxylic acids is 1. The van der Waals surface area contributed by atoms with Crippen LogP contribution in [-0.4, -0.2) is 26.6 Å². The molecule has 88 valence electrons. The molecule has 0 radical (unpaired) electrons. The summed E-state index contributed by atoms with van der Waals surface area (Å²) in [6.45, 7) is 0.649. The predicted octanol–water partition coefficient (Wildman–Crippen LogP) is 1.90. The van der Waals surface area contributed by atoms with Gasteiger partial charge in [0.25, 0.3) is 0 Å². The molecule has 0 fully saturated rings. The van der Waals surface area contributed by atoms with Gasteiger partial charge in [-0.1, -0.05) is 11.6 Å². The van der Waals surface area contributed by atoms with Crippen molar-refractivity contribution in [2.45, 2.75) is 6.42 Å². The predicted molar refractivity (Wildman–Crippen MR) is 65.2 cm³/mol. The third-order valence-electron chi connectivity index (χ3n) is 2.04. The molecule has 2 N–H and O–H groups in total. The summed E-state index contributed by atoms with van der Waals surface area (Å²) < 4.78 is 5.02. The maximum Gasteiger partial charge on any atom is 0.225 e. The fraction of sp³-hybridized carbons (Fsp3) is 0.364. The van der Waals surface area contributed by atoms with E-state index in [2.05, 4.69) is 10.6 Å². The minimum atomic E-state index is -0.0458. The Hall–Kier alpha value is -1.26. The fourth-order valence-electron chi connectivity index (χ4n) is 1.21. The van der Waals surface area contributed by atoms with Gasteiger partial charge in [0.1, 0.15) is 5.75 Å². The van der Waals surface area contributed by atoms with Gasteiger partial charge in [0.15, 0.2) is 0 Å². The van der Waals surface area contributed by atoms with E-state index >= 15 is 0 Å². The minimum absolute atomic E-state index is 0.0458. The van der Waals surface area contributed by atoms with Crippen molar-refractivity contribution in [3.8, 4) is 5.75 Å². The van der Waals surface area contributed by atoms with Crippen molar-refractivity contribution in [2.75, 3.05) is 26.0 Å². The summed E-state index contributed by atoms with van der Waals surface area (Å²) in [6.07, 6.45) is 0.431. The van der Waals surface area contributed by atoms with E-state index in [1.165, 1.54) is 0 Å². The van der Waals surface area contributed by atoms with Crippen molar-refractivity contribution >= 4 is 23.2 Å². The van der Waals surface area contributed by atoms with E-state index in [0.29, 0.717) is 29.4 Å². The molecule has 1 rings (SSSR count). The Morgan fingerprint density at radius 2 is 2.25 bits per heavy atom. The highest BCUT2D eigenvalue weighted by molar-refractivity contribution is 6.32. The molecule has 0 atom stereocenters. The number of amides is 1. The van der Waals surface area contributed by atoms with Gasteiger partial charge in [-0.15, -0.1) is 0 Å². The zero-order valence-electron chi connectivity index (χ0n) is 9.34. The van der Waals surface area contributed by atoms with E-state index in [0.717, 1.165) is 0 Å². The molecule has 0 aliphatic carbocycles. The number of rotatable bonds is 5. The summed E-state index contributed by atoms with van der Waals surface area (Å²) in [5, 5.41) is 6.14.